The molecule has 2 N–H and O–H groups in total. The molecule has 2 aromatic rings. The second kappa shape index (κ2) is 3.83. The number of hydrogen-bond donors (Lipinski definition) is 1. The molecule has 0 spiro atoms. The summed E-state index contributed by atoms with van der Waals surface area (Å²) >= 11 is 4.88. The van der Waals surface area contributed by atoms with E-state index in [4.69, 9.17) is 18.4 Å². The Morgan fingerprint density at radius 1 is 1.36 bits per heavy atom. The fourth-order valence-electron chi connectivity index (χ4n) is 1.30. The van der Waals surface area contributed by atoms with Crippen LogP contribution >= 0.6 is 12.6 Å². The standard InChI is InChI=1S/C8H10N5S/c9-7-6-8(11-4-10-7)13(5-12-6)2-1-3-14/h4-5H,1-3H2,(H2,9,10,11). The Morgan fingerprint density at radius 3 is 3.00 bits per heavy atom. The summed E-state index contributed by atoms with van der Waals surface area (Å²) in [4.78, 5) is 12.2. The molecule has 0 aliphatic carbocycles. The molecule has 6 heteroatoms. The fourth-order valence-corrected chi connectivity index (χ4v) is 1.43. The highest BCUT2D eigenvalue weighted by molar-refractivity contribution is 7.80. The van der Waals surface area contributed by atoms with Gasteiger partial charge in [0.25, 0.3) is 0 Å². The van der Waals surface area contributed by atoms with Gasteiger partial charge in [0, 0.05) is 12.3 Å². The van der Waals surface area contributed by atoms with E-state index in [1.54, 1.807) is 6.33 Å². The van der Waals surface area contributed by atoms with E-state index < -0.39 is 0 Å². The van der Waals surface area contributed by atoms with Crippen LogP contribution < -0.4 is 5.73 Å². The maximum absolute atomic E-state index is 5.65. The second-order valence-electron chi connectivity index (χ2n) is 2.93. The highest BCUT2D eigenvalue weighted by atomic mass is 32.1. The lowest BCUT2D eigenvalue weighted by molar-refractivity contribution is 0.697. The molecule has 0 saturated heterocycles. The molecule has 0 aliphatic heterocycles. The molecule has 0 fully saturated rings. The van der Waals surface area contributed by atoms with Crippen molar-refractivity contribution in [3.8, 4) is 0 Å². The van der Waals surface area contributed by atoms with Gasteiger partial charge in [-0.2, -0.15) is 0 Å². The van der Waals surface area contributed by atoms with Crippen LogP contribution in [-0.2, 0) is 6.54 Å². The lowest BCUT2D eigenvalue weighted by Gasteiger charge is -2.00. The Hall–Kier alpha value is -1.30. The molecule has 0 atom stereocenters. The van der Waals surface area contributed by atoms with Crippen molar-refractivity contribution in [1.29, 1.82) is 0 Å². The van der Waals surface area contributed by atoms with Crippen LogP contribution in [0.25, 0.3) is 11.2 Å². The lowest BCUT2D eigenvalue weighted by Crippen LogP contribution is -1.99. The number of nitrogens with zero attached hydrogens (tertiary/aromatic N) is 4. The number of hydrogen-bond acceptors (Lipinski definition) is 4. The first kappa shape index (κ1) is 9.26. The van der Waals surface area contributed by atoms with Gasteiger partial charge < -0.3 is 10.3 Å². The third kappa shape index (κ3) is 1.52. The first-order valence-electron chi connectivity index (χ1n) is 4.32. The van der Waals surface area contributed by atoms with Gasteiger partial charge in [-0.25, -0.2) is 15.0 Å². The molecule has 0 aliphatic rings. The Bertz CT molecular complexity index is 438. The molecule has 14 heavy (non-hydrogen) atoms. The van der Waals surface area contributed by atoms with Crippen molar-refractivity contribution in [2.75, 3.05) is 11.5 Å². The number of anilines is 1. The molecule has 0 saturated carbocycles. The maximum atomic E-state index is 5.65. The number of nitrogen functional groups attached to an aromatic ring is 1. The molecule has 0 unspecified atom stereocenters. The SMILES string of the molecule is Nc1ncnc2c1ncn2CCC[S]. The molecular weight excluding hydrogens is 198 g/mol. The Morgan fingerprint density at radius 2 is 2.21 bits per heavy atom. The molecule has 0 bridgehead atoms. The van der Waals surface area contributed by atoms with Crippen LogP contribution in [0.3, 0.4) is 0 Å². The minimum absolute atomic E-state index is 0.423. The summed E-state index contributed by atoms with van der Waals surface area (Å²) in [5.74, 6) is 1.16. The molecule has 5 nitrogen and oxygen atoms in total. The van der Waals surface area contributed by atoms with Gasteiger partial charge in [-0.3, -0.25) is 0 Å². The van der Waals surface area contributed by atoms with Crippen molar-refractivity contribution >= 4 is 29.6 Å². The first-order valence-corrected chi connectivity index (χ1v) is 4.90. The molecule has 2 heterocycles. The van der Waals surface area contributed by atoms with Crippen LogP contribution in [-0.4, -0.2) is 25.3 Å². The van der Waals surface area contributed by atoms with Crippen LogP contribution in [0.5, 0.6) is 0 Å². The molecule has 0 amide bonds. The lowest BCUT2D eigenvalue weighted by atomic mass is 10.4. The van der Waals surface area contributed by atoms with E-state index in [1.807, 2.05) is 4.57 Å². The molecule has 0 aromatic carbocycles. The fraction of sp³-hybridized carbons (Fsp3) is 0.375. The molecule has 2 rings (SSSR count). The van der Waals surface area contributed by atoms with E-state index in [2.05, 4.69) is 15.0 Å². The van der Waals surface area contributed by atoms with E-state index >= 15 is 0 Å². The van der Waals surface area contributed by atoms with Gasteiger partial charge in [-0.1, -0.05) is 12.6 Å². The van der Waals surface area contributed by atoms with Gasteiger partial charge >= 0.3 is 0 Å². The first-order chi connectivity index (χ1) is 6.83. The van der Waals surface area contributed by atoms with Gasteiger partial charge in [0.15, 0.2) is 11.5 Å². The van der Waals surface area contributed by atoms with E-state index in [1.165, 1.54) is 6.33 Å². The minimum atomic E-state index is 0.423. The van der Waals surface area contributed by atoms with Gasteiger partial charge in [0.05, 0.1) is 6.33 Å². The van der Waals surface area contributed by atoms with Crippen LogP contribution in [0.2, 0.25) is 0 Å². The van der Waals surface area contributed by atoms with Crippen molar-refractivity contribution in [1.82, 2.24) is 19.5 Å². The van der Waals surface area contributed by atoms with Crippen molar-refractivity contribution in [3.05, 3.63) is 12.7 Å². The van der Waals surface area contributed by atoms with E-state index in [0.29, 0.717) is 11.3 Å². The number of fused-ring (bicyclic) bond motifs is 1. The summed E-state index contributed by atoms with van der Waals surface area (Å²) in [6, 6.07) is 0. The predicted octanol–water partition coefficient (Wildman–Crippen LogP) is 0.996. The quantitative estimate of drug-likeness (QED) is 0.816. The second-order valence-corrected chi connectivity index (χ2v) is 3.34. The van der Waals surface area contributed by atoms with E-state index in [9.17, 15) is 0 Å². The number of aryl methyl sites for hydroxylation is 1. The summed E-state index contributed by atoms with van der Waals surface area (Å²) in [5, 5.41) is 0. The number of rotatable bonds is 3. The molecular formula is C8H10N5S. The number of imidazole rings is 1. The van der Waals surface area contributed by atoms with Gasteiger partial charge in [0.2, 0.25) is 0 Å². The van der Waals surface area contributed by atoms with Crippen molar-refractivity contribution in [2.45, 2.75) is 13.0 Å². The van der Waals surface area contributed by atoms with Crippen molar-refractivity contribution in [3.63, 3.8) is 0 Å². The highest BCUT2D eigenvalue weighted by Crippen LogP contribution is 2.14. The summed E-state index contributed by atoms with van der Waals surface area (Å²) < 4.78 is 1.94. The van der Waals surface area contributed by atoms with Crippen molar-refractivity contribution < 1.29 is 0 Å². The predicted molar refractivity (Wildman–Crippen MR) is 56.8 cm³/mol. The monoisotopic (exact) mass is 208 g/mol. The Balaban J connectivity index is 2.42. The highest BCUT2D eigenvalue weighted by Gasteiger charge is 2.06. The minimum Gasteiger partial charge on any atom is -0.382 e. The number of aromatic nitrogens is 4. The molecule has 1 radical (unpaired) electrons. The van der Waals surface area contributed by atoms with E-state index in [-0.39, 0.29) is 0 Å². The zero-order valence-electron chi connectivity index (χ0n) is 7.55. The van der Waals surface area contributed by atoms with Gasteiger partial charge in [-0.15, -0.1) is 0 Å². The number of nitrogens with two attached hydrogens (primary N) is 1. The van der Waals surface area contributed by atoms with Gasteiger partial charge in [0.1, 0.15) is 11.8 Å². The Labute approximate surface area is 86.8 Å². The summed E-state index contributed by atoms with van der Waals surface area (Å²) in [6.07, 6.45) is 4.11. The van der Waals surface area contributed by atoms with Gasteiger partial charge in [-0.05, 0) is 6.42 Å². The topological polar surface area (TPSA) is 69.6 Å². The van der Waals surface area contributed by atoms with Crippen LogP contribution in [0.1, 0.15) is 6.42 Å². The zero-order valence-corrected chi connectivity index (χ0v) is 8.37. The summed E-state index contributed by atoms with van der Waals surface area (Å²) in [7, 11) is 0. The maximum Gasteiger partial charge on any atom is 0.165 e. The third-order valence-electron chi connectivity index (χ3n) is 1.97. The van der Waals surface area contributed by atoms with E-state index in [0.717, 1.165) is 24.4 Å². The normalized spacial score (nSPS) is 10.9. The van der Waals surface area contributed by atoms with Crippen molar-refractivity contribution in [2.24, 2.45) is 0 Å². The largest absolute Gasteiger partial charge is 0.382 e. The average Bonchev–Trinajstić information content (AvgIpc) is 2.60. The average molecular weight is 208 g/mol. The third-order valence-corrected chi connectivity index (χ3v) is 2.26. The summed E-state index contributed by atoms with van der Waals surface area (Å²) in [6.45, 7) is 0.830. The Kier molecular flexibility index (Phi) is 2.53. The van der Waals surface area contributed by atoms with Crippen LogP contribution in [0.15, 0.2) is 12.7 Å². The van der Waals surface area contributed by atoms with Crippen LogP contribution in [0, 0.1) is 0 Å². The molecule has 73 valence electrons. The van der Waals surface area contributed by atoms with Crippen LogP contribution in [0.4, 0.5) is 5.82 Å². The zero-order chi connectivity index (χ0) is 9.97. The molecule has 2 aromatic heterocycles. The smallest absolute Gasteiger partial charge is 0.165 e. The summed E-state index contributed by atoms with van der Waals surface area (Å²) in [5.41, 5.74) is 7.09.